The van der Waals surface area contributed by atoms with Crippen molar-refractivity contribution in [1.82, 2.24) is 10.6 Å². The first-order valence-electron chi connectivity index (χ1n) is 8.38. The van der Waals surface area contributed by atoms with Crippen molar-refractivity contribution in [3.63, 3.8) is 0 Å². The molecule has 0 saturated heterocycles. The van der Waals surface area contributed by atoms with Crippen LogP contribution >= 0.6 is 24.0 Å². The van der Waals surface area contributed by atoms with E-state index >= 15 is 0 Å². The number of benzene rings is 1. The van der Waals surface area contributed by atoms with E-state index in [0.29, 0.717) is 13.1 Å². The van der Waals surface area contributed by atoms with Gasteiger partial charge in [0.05, 0.1) is 13.2 Å². The summed E-state index contributed by atoms with van der Waals surface area (Å²) in [5.41, 5.74) is 2.20. The van der Waals surface area contributed by atoms with Gasteiger partial charge in [-0.1, -0.05) is 30.3 Å². The Morgan fingerprint density at radius 1 is 1.20 bits per heavy atom. The molecular formula is C19H28IN3O2. The number of aliphatic hydroxyl groups is 1. The molecule has 0 radical (unpaired) electrons. The molecule has 3 N–H and O–H groups in total. The Balaban J connectivity index is 0.00000312. The molecule has 0 amide bonds. The maximum absolute atomic E-state index is 9.66. The Bertz CT molecular complexity index is 656. The van der Waals surface area contributed by atoms with Crippen LogP contribution in [0.3, 0.4) is 0 Å². The highest BCUT2D eigenvalue weighted by molar-refractivity contribution is 14.0. The fourth-order valence-corrected chi connectivity index (χ4v) is 2.58. The third-order valence-corrected chi connectivity index (χ3v) is 3.90. The minimum atomic E-state index is 0. The molecule has 2 rings (SSSR count). The Kier molecular flexibility index (Phi) is 9.59. The monoisotopic (exact) mass is 457 g/mol. The van der Waals surface area contributed by atoms with Gasteiger partial charge in [0.2, 0.25) is 0 Å². The van der Waals surface area contributed by atoms with Crippen LogP contribution in [0.2, 0.25) is 0 Å². The summed E-state index contributed by atoms with van der Waals surface area (Å²) in [5, 5.41) is 16.2. The van der Waals surface area contributed by atoms with Gasteiger partial charge >= 0.3 is 0 Å². The molecular weight excluding hydrogens is 429 g/mol. The van der Waals surface area contributed by atoms with E-state index in [2.05, 4.69) is 15.6 Å². The van der Waals surface area contributed by atoms with E-state index in [1.807, 2.05) is 57.2 Å². The lowest BCUT2D eigenvalue weighted by Gasteiger charge is -2.18. The summed E-state index contributed by atoms with van der Waals surface area (Å²) in [5.74, 6) is 2.59. The number of nitrogens with one attached hydrogen (secondary N) is 2. The normalized spacial score (nSPS) is 12.4. The van der Waals surface area contributed by atoms with Gasteiger partial charge in [-0.3, -0.25) is 0 Å². The highest BCUT2D eigenvalue weighted by Crippen LogP contribution is 2.15. The first-order chi connectivity index (χ1) is 11.6. The molecule has 0 bridgehead atoms. The van der Waals surface area contributed by atoms with Gasteiger partial charge in [-0.25, -0.2) is 4.99 Å². The molecule has 25 heavy (non-hydrogen) atoms. The molecule has 1 unspecified atom stereocenters. The number of guanidine groups is 1. The molecule has 5 nitrogen and oxygen atoms in total. The van der Waals surface area contributed by atoms with E-state index < -0.39 is 0 Å². The molecule has 0 aliphatic heterocycles. The Labute approximate surface area is 167 Å². The third kappa shape index (κ3) is 6.70. The maximum Gasteiger partial charge on any atom is 0.191 e. The smallest absolute Gasteiger partial charge is 0.191 e. The van der Waals surface area contributed by atoms with E-state index in [0.717, 1.165) is 35.2 Å². The minimum absolute atomic E-state index is 0. The van der Waals surface area contributed by atoms with Crippen LogP contribution in [0.4, 0.5) is 0 Å². The fourth-order valence-electron chi connectivity index (χ4n) is 2.58. The molecule has 2 aromatic rings. The third-order valence-electron chi connectivity index (χ3n) is 3.90. The van der Waals surface area contributed by atoms with Gasteiger partial charge in [0.25, 0.3) is 0 Å². The molecule has 1 heterocycles. The average molecular weight is 457 g/mol. The van der Waals surface area contributed by atoms with E-state index in [-0.39, 0.29) is 36.5 Å². The molecule has 0 fully saturated rings. The van der Waals surface area contributed by atoms with Crippen molar-refractivity contribution in [2.45, 2.75) is 33.2 Å². The number of aliphatic hydroxyl groups excluding tert-OH is 1. The Hall–Kier alpha value is -1.54. The van der Waals surface area contributed by atoms with Crippen molar-refractivity contribution >= 4 is 29.9 Å². The number of hydrogen-bond donors (Lipinski definition) is 3. The predicted molar refractivity (Wildman–Crippen MR) is 113 cm³/mol. The molecule has 138 valence electrons. The molecule has 0 aliphatic carbocycles. The van der Waals surface area contributed by atoms with E-state index in [9.17, 15) is 5.11 Å². The molecule has 6 heteroatoms. The van der Waals surface area contributed by atoms with Gasteiger partial charge in [0.1, 0.15) is 11.5 Å². The van der Waals surface area contributed by atoms with Gasteiger partial charge in [-0.2, -0.15) is 0 Å². The van der Waals surface area contributed by atoms with E-state index in [1.165, 1.54) is 0 Å². The summed E-state index contributed by atoms with van der Waals surface area (Å²) < 4.78 is 5.54. The van der Waals surface area contributed by atoms with Crippen molar-refractivity contribution in [2.24, 2.45) is 4.99 Å². The van der Waals surface area contributed by atoms with Crippen molar-refractivity contribution in [3.8, 4) is 0 Å². The first-order valence-corrected chi connectivity index (χ1v) is 8.38. The summed E-state index contributed by atoms with van der Waals surface area (Å²) in [6, 6.07) is 12.0. The van der Waals surface area contributed by atoms with Crippen LogP contribution in [-0.4, -0.2) is 30.8 Å². The number of rotatable bonds is 7. The SMILES string of the molecule is CCNC(=NCc1cc(C)oc1C)NCC(CO)c1ccccc1.I. The van der Waals surface area contributed by atoms with Crippen LogP contribution in [0.5, 0.6) is 0 Å². The van der Waals surface area contributed by atoms with Crippen LogP contribution in [0.1, 0.15) is 35.5 Å². The zero-order valence-electron chi connectivity index (χ0n) is 15.1. The molecule has 1 aromatic carbocycles. The number of furan rings is 1. The molecule has 0 saturated carbocycles. The van der Waals surface area contributed by atoms with E-state index in [4.69, 9.17) is 4.42 Å². The van der Waals surface area contributed by atoms with Crippen LogP contribution in [0.25, 0.3) is 0 Å². The van der Waals surface area contributed by atoms with Crippen LogP contribution < -0.4 is 10.6 Å². The molecule has 0 aliphatic rings. The number of halogens is 1. The number of nitrogens with zero attached hydrogens (tertiary/aromatic N) is 1. The zero-order chi connectivity index (χ0) is 17.4. The van der Waals surface area contributed by atoms with Gasteiger partial charge in [-0.05, 0) is 32.4 Å². The number of hydrogen-bond acceptors (Lipinski definition) is 3. The summed E-state index contributed by atoms with van der Waals surface area (Å²) >= 11 is 0. The van der Waals surface area contributed by atoms with Crippen LogP contribution in [-0.2, 0) is 6.54 Å². The summed E-state index contributed by atoms with van der Waals surface area (Å²) in [4.78, 5) is 4.61. The standard InChI is InChI=1S/C19H27N3O2.HI/c1-4-20-19(21-11-17-10-14(2)24-15(17)3)22-12-18(13-23)16-8-6-5-7-9-16;/h5-10,18,23H,4,11-13H2,1-3H3,(H2,20,21,22);1H. The summed E-state index contributed by atoms with van der Waals surface area (Å²) in [6.07, 6.45) is 0. The second kappa shape index (κ2) is 11.1. The lowest BCUT2D eigenvalue weighted by atomic mass is 10.0. The largest absolute Gasteiger partial charge is 0.466 e. The van der Waals surface area contributed by atoms with Crippen molar-refractivity contribution in [1.29, 1.82) is 0 Å². The highest BCUT2D eigenvalue weighted by atomic mass is 127. The quantitative estimate of drug-likeness (QED) is 0.339. The second-order valence-electron chi connectivity index (χ2n) is 5.80. The van der Waals surface area contributed by atoms with Crippen LogP contribution in [0.15, 0.2) is 45.8 Å². The first kappa shape index (κ1) is 21.5. The van der Waals surface area contributed by atoms with Crippen LogP contribution in [0, 0.1) is 13.8 Å². The molecule has 1 atom stereocenters. The number of aryl methyl sites for hydroxylation is 2. The van der Waals surface area contributed by atoms with Gasteiger partial charge in [0, 0.05) is 24.6 Å². The molecule has 1 aromatic heterocycles. The lowest BCUT2D eigenvalue weighted by molar-refractivity contribution is 0.265. The summed E-state index contributed by atoms with van der Waals surface area (Å²) in [7, 11) is 0. The van der Waals surface area contributed by atoms with E-state index in [1.54, 1.807) is 0 Å². The van der Waals surface area contributed by atoms with Crippen molar-refractivity contribution in [2.75, 3.05) is 19.7 Å². The van der Waals surface area contributed by atoms with Crippen molar-refractivity contribution < 1.29 is 9.52 Å². The van der Waals surface area contributed by atoms with Gasteiger partial charge < -0.3 is 20.2 Å². The maximum atomic E-state index is 9.66. The zero-order valence-corrected chi connectivity index (χ0v) is 17.4. The lowest BCUT2D eigenvalue weighted by Crippen LogP contribution is -2.39. The summed E-state index contributed by atoms with van der Waals surface area (Å²) in [6.45, 7) is 7.99. The highest BCUT2D eigenvalue weighted by Gasteiger charge is 2.11. The Morgan fingerprint density at radius 3 is 2.48 bits per heavy atom. The van der Waals surface area contributed by atoms with Crippen molar-refractivity contribution in [3.05, 3.63) is 59.0 Å². The molecule has 0 spiro atoms. The number of aliphatic imine (C=N–C) groups is 1. The van der Waals surface area contributed by atoms with Gasteiger partial charge in [-0.15, -0.1) is 24.0 Å². The predicted octanol–water partition coefficient (Wildman–Crippen LogP) is 3.35. The average Bonchev–Trinajstić information content (AvgIpc) is 2.91. The Morgan fingerprint density at radius 2 is 1.92 bits per heavy atom. The minimum Gasteiger partial charge on any atom is -0.466 e. The fraction of sp³-hybridized carbons (Fsp3) is 0.421. The van der Waals surface area contributed by atoms with Gasteiger partial charge in [0.15, 0.2) is 5.96 Å². The topological polar surface area (TPSA) is 69.8 Å². The second-order valence-corrected chi connectivity index (χ2v) is 5.80.